The van der Waals surface area contributed by atoms with Crippen LogP contribution in [0.1, 0.15) is 36.8 Å². The first-order chi connectivity index (χ1) is 19.6. The number of hydrogen-bond donors (Lipinski definition) is 1. The lowest BCUT2D eigenvalue weighted by Crippen LogP contribution is -2.40. The molecule has 0 radical (unpaired) electrons. The van der Waals surface area contributed by atoms with Gasteiger partial charge in [-0.2, -0.15) is 0 Å². The van der Waals surface area contributed by atoms with Crippen LogP contribution in [0.4, 0.5) is 5.69 Å². The van der Waals surface area contributed by atoms with Gasteiger partial charge in [-0.15, -0.1) is 0 Å². The summed E-state index contributed by atoms with van der Waals surface area (Å²) in [5.74, 6) is -3.61. The van der Waals surface area contributed by atoms with Gasteiger partial charge < -0.3 is 14.6 Å². The van der Waals surface area contributed by atoms with Gasteiger partial charge in [-0.05, 0) is 56.4 Å². The van der Waals surface area contributed by atoms with E-state index in [2.05, 4.69) is 0 Å². The number of aryl methyl sites for hydroxylation is 1. The Morgan fingerprint density at radius 2 is 1.73 bits per heavy atom. The molecule has 1 fully saturated rings. The normalized spacial score (nSPS) is 25.4. The molecule has 0 bridgehead atoms. The van der Waals surface area contributed by atoms with Gasteiger partial charge in [-0.1, -0.05) is 29.3 Å². The minimum Gasteiger partial charge on any atom is -0.507 e. The molecule has 8 nitrogen and oxygen atoms in total. The summed E-state index contributed by atoms with van der Waals surface area (Å²) < 4.78 is 10.9. The molecule has 1 aliphatic heterocycles. The summed E-state index contributed by atoms with van der Waals surface area (Å²) in [7, 11) is 2.90. The van der Waals surface area contributed by atoms with E-state index in [-0.39, 0.29) is 53.3 Å². The van der Waals surface area contributed by atoms with E-state index in [1.807, 2.05) is 13.0 Å². The van der Waals surface area contributed by atoms with E-state index in [1.54, 1.807) is 31.2 Å². The number of allylic oxidation sites excluding steroid dienone is 6. The number of phenols is 1. The van der Waals surface area contributed by atoms with E-state index in [9.17, 15) is 24.3 Å². The van der Waals surface area contributed by atoms with Crippen LogP contribution in [0.2, 0.25) is 5.02 Å². The van der Waals surface area contributed by atoms with E-state index in [1.165, 1.54) is 31.3 Å². The number of Topliss-reactive ketones (excluding diaryl/α,β-unsaturated/α-hetero) is 1. The van der Waals surface area contributed by atoms with Gasteiger partial charge in [-0.3, -0.25) is 19.2 Å². The minimum absolute atomic E-state index is 0.134. The van der Waals surface area contributed by atoms with Crippen molar-refractivity contribution in [3.8, 4) is 17.2 Å². The van der Waals surface area contributed by atoms with Gasteiger partial charge in [0.05, 0.1) is 31.7 Å². The summed E-state index contributed by atoms with van der Waals surface area (Å²) in [5.41, 5.74) is 3.11. The molecular formula is C32H28ClNO7. The first-order valence-corrected chi connectivity index (χ1v) is 13.7. The van der Waals surface area contributed by atoms with Crippen LogP contribution in [0, 0.1) is 24.7 Å². The minimum atomic E-state index is -0.850. The van der Waals surface area contributed by atoms with Gasteiger partial charge in [0.1, 0.15) is 17.2 Å². The zero-order valence-corrected chi connectivity index (χ0v) is 23.7. The largest absolute Gasteiger partial charge is 0.507 e. The SMILES string of the molecule is COc1cc(O)c(C2C3=CCC4C(=O)N(c5ccc(C)c(Cl)c5)C(=O)C4C3CC3=C2C(=O)C=C(C)C3=O)c(OC)c1. The lowest BCUT2D eigenvalue weighted by molar-refractivity contribution is -0.123. The summed E-state index contributed by atoms with van der Waals surface area (Å²) in [4.78, 5) is 55.9. The summed E-state index contributed by atoms with van der Waals surface area (Å²) in [6.45, 7) is 3.43. The standard InChI is InChI=1S/C32H28ClNO7/c1-14-5-6-16(10-22(14)33)34-31(38)19-8-7-18-20(26(19)32(34)39)13-21-27(23(35)9-15(2)30(21)37)28(18)29-24(36)11-17(40-3)12-25(29)41-4/h5-7,9-12,19-20,26,28,36H,8,13H2,1-4H3. The molecule has 0 spiro atoms. The van der Waals surface area contributed by atoms with Crippen LogP contribution in [0.5, 0.6) is 17.2 Å². The van der Waals surface area contributed by atoms with Crippen LogP contribution >= 0.6 is 11.6 Å². The Kier molecular flexibility index (Phi) is 6.41. The summed E-state index contributed by atoms with van der Waals surface area (Å²) in [6.07, 6.45) is 3.62. The number of anilines is 1. The molecule has 6 rings (SSSR count). The molecule has 4 aliphatic rings. The average Bonchev–Trinajstić information content (AvgIpc) is 3.21. The van der Waals surface area contributed by atoms with Crippen molar-refractivity contribution in [1.82, 2.24) is 0 Å². The highest BCUT2D eigenvalue weighted by molar-refractivity contribution is 6.32. The number of aromatic hydroxyl groups is 1. The highest BCUT2D eigenvalue weighted by atomic mass is 35.5. The van der Waals surface area contributed by atoms with Gasteiger partial charge in [0, 0.05) is 45.4 Å². The molecule has 1 heterocycles. The maximum Gasteiger partial charge on any atom is 0.238 e. The number of carbonyl (C=O) groups is 4. The highest BCUT2D eigenvalue weighted by Crippen LogP contribution is 2.58. The first-order valence-electron chi connectivity index (χ1n) is 13.4. The van der Waals surface area contributed by atoms with E-state index in [0.29, 0.717) is 38.7 Å². The van der Waals surface area contributed by atoms with Crippen LogP contribution < -0.4 is 14.4 Å². The van der Waals surface area contributed by atoms with Crippen LogP contribution in [-0.2, 0) is 19.2 Å². The van der Waals surface area contributed by atoms with Gasteiger partial charge in [-0.25, -0.2) is 4.90 Å². The molecule has 4 unspecified atom stereocenters. The van der Waals surface area contributed by atoms with Crippen molar-refractivity contribution in [2.24, 2.45) is 17.8 Å². The monoisotopic (exact) mass is 573 g/mol. The number of hydrogen-bond acceptors (Lipinski definition) is 7. The zero-order valence-electron chi connectivity index (χ0n) is 23.0. The van der Waals surface area contributed by atoms with Gasteiger partial charge >= 0.3 is 0 Å². The number of rotatable bonds is 4. The number of carbonyl (C=O) groups excluding carboxylic acids is 4. The Labute approximate surface area is 241 Å². The molecule has 41 heavy (non-hydrogen) atoms. The van der Waals surface area contributed by atoms with E-state index in [0.717, 1.165) is 5.56 Å². The Morgan fingerprint density at radius 1 is 0.976 bits per heavy atom. The van der Waals surface area contributed by atoms with E-state index in [4.69, 9.17) is 21.1 Å². The molecule has 210 valence electrons. The summed E-state index contributed by atoms with van der Waals surface area (Å²) in [6, 6.07) is 8.11. The quantitative estimate of drug-likeness (QED) is 0.311. The zero-order chi connectivity index (χ0) is 29.3. The maximum atomic E-state index is 14.1. The molecule has 2 aromatic carbocycles. The number of imide groups is 1. The van der Waals surface area contributed by atoms with Crippen molar-refractivity contribution in [3.63, 3.8) is 0 Å². The van der Waals surface area contributed by atoms with Crippen molar-refractivity contribution in [2.45, 2.75) is 32.6 Å². The molecule has 3 aliphatic carbocycles. The molecule has 4 atom stereocenters. The number of nitrogens with zero attached hydrogens (tertiary/aromatic N) is 1. The molecular weight excluding hydrogens is 546 g/mol. The second-order valence-corrected chi connectivity index (χ2v) is 11.3. The molecule has 0 aromatic heterocycles. The molecule has 2 amide bonds. The number of ether oxygens (including phenoxy) is 2. The molecule has 2 aromatic rings. The lowest BCUT2D eigenvalue weighted by atomic mass is 9.59. The third-order valence-corrected chi connectivity index (χ3v) is 9.22. The number of phenolic OH excluding ortho intramolecular Hbond substituents is 1. The Bertz CT molecular complexity index is 1670. The van der Waals surface area contributed by atoms with Gasteiger partial charge in [0.2, 0.25) is 11.8 Å². The van der Waals surface area contributed by atoms with Gasteiger partial charge in [0.15, 0.2) is 11.6 Å². The van der Waals surface area contributed by atoms with Crippen LogP contribution in [0.15, 0.2) is 64.8 Å². The number of fused-ring (bicyclic) bond motifs is 3. The van der Waals surface area contributed by atoms with Crippen molar-refractivity contribution in [1.29, 1.82) is 0 Å². The van der Waals surface area contributed by atoms with Crippen molar-refractivity contribution in [2.75, 3.05) is 19.1 Å². The van der Waals surface area contributed by atoms with Crippen molar-refractivity contribution >= 4 is 40.7 Å². The lowest BCUT2D eigenvalue weighted by Gasteiger charge is -2.42. The van der Waals surface area contributed by atoms with Crippen molar-refractivity contribution < 1.29 is 33.8 Å². The Morgan fingerprint density at radius 3 is 2.41 bits per heavy atom. The smallest absolute Gasteiger partial charge is 0.238 e. The third kappa shape index (κ3) is 3.95. The third-order valence-electron chi connectivity index (χ3n) is 8.81. The maximum absolute atomic E-state index is 14.1. The number of benzene rings is 2. The number of amides is 2. The fraction of sp³-hybridized carbons (Fsp3) is 0.312. The molecule has 1 N–H and O–H groups in total. The van der Waals surface area contributed by atoms with Crippen molar-refractivity contribution in [3.05, 3.63) is 80.9 Å². The predicted molar refractivity (Wildman–Crippen MR) is 151 cm³/mol. The molecule has 1 saturated heterocycles. The van der Waals surface area contributed by atoms with E-state index < -0.39 is 23.7 Å². The van der Waals surface area contributed by atoms with Gasteiger partial charge in [0.25, 0.3) is 0 Å². The highest BCUT2D eigenvalue weighted by Gasteiger charge is 2.57. The summed E-state index contributed by atoms with van der Waals surface area (Å²) in [5, 5.41) is 11.7. The second-order valence-electron chi connectivity index (χ2n) is 10.9. The average molecular weight is 574 g/mol. The topological polar surface area (TPSA) is 110 Å². The van der Waals surface area contributed by atoms with Crippen LogP contribution in [0.25, 0.3) is 0 Å². The Balaban J connectivity index is 1.52. The van der Waals surface area contributed by atoms with E-state index >= 15 is 0 Å². The molecule has 9 heteroatoms. The first kappa shape index (κ1) is 27.0. The summed E-state index contributed by atoms with van der Waals surface area (Å²) >= 11 is 6.34. The molecule has 0 saturated carbocycles. The Hall–Kier alpha value is -4.17. The fourth-order valence-corrected chi connectivity index (χ4v) is 7.03. The van der Waals surface area contributed by atoms with Crippen LogP contribution in [0.3, 0.4) is 0 Å². The number of halogens is 1. The number of methoxy groups -OCH3 is 2. The fourth-order valence-electron chi connectivity index (χ4n) is 6.85. The number of ketones is 2. The predicted octanol–water partition coefficient (Wildman–Crippen LogP) is 5.01. The van der Waals surface area contributed by atoms with Crippen LogP contribution in [-0.4, -0.2) is 42.7 Å². The second kappa shape index (κ2) is 9.73.